The maximum atomic E-state index is 11.1. The van der Waals surface area contributed by atoms with E-state index in [4.69, 9.17) is 9.47 Å². The van der Waals surface area contributed by atoms with Gasteiger partial charge in [0.25, 0.3) is 0 Å². The van der Waals surface area contributed by atoms with Crippen molar-refractivity contribution in [1.82, 2.24) is 4.90 Å². The fraction of sp³-hybridized carbons (Fsp3) is 0.500. The van der Waals surface area contributed by atoms with Crippen LogP contribution in [0.1, 0.15) is 17.3 Å². The molecule has 2 rings (SSSR count). The molecular weight excluding hydrogens is 273 g/mol. The van der Waals surface area contributed by atoms with Crippen molar-refractivity contribution in [2.24, 2.45) is 0 Å². The number of benzene rings is 1. The molecule has 1 saturated heterocycles. The Labute approximate surface area is 124 Å². The molecule has 2 N–H and O–H groups in total. The van der Waals surface area contributed by atoms with Crippen LogP contribution >= 0.6 is 0 Å². The average molecular weight is 293 g/mol. The summed E-state index contributed by atoms with van der Waals surface area (Å²) in [5.41, 5.74) is 0.338. The maximum Gasteiger partial charge on any atom is 0.489 e. The Morgan fingerprint density at radius 2 is 2.33 bits per heavy atom. The number of carbonyl (C=O) groups is 1. The predicted octanol–water partition coefficient (Wildman–Crippen LogP) is -0.722. The Kier molecular flexibility index (Phi) is 5.75. The summed E-state index contributed by atoms with van der Waals surface area (Å²) in [4.78, 5) is 13.4. The third-order valence-corrected chi connectivity index (χ3v) is 3.64. The zero-order chi connectivity index (χ0) is 15.2. The lowest BCUT2D eigenvalue weighted by Gasteiger charge is -2.33. The van der Waals surface area contributed by atoms with Gasteiger partial charge in [-0.15, -0.1) is 0 Å². The van der Waals surface area contributed by atoms with E-state index in [9.17, 15) is 14.8 Å². The quantitative estimate of drug-likeness (QED) is 0.532. The molecule has 1 aliphatic heterocycles. The van der Waals surface area contributed by atoms with Crippen LogP contribution in [0.5, 0.6) is 5.75 Å². The summed E-state index contributed by atoms with van der Waals surface area (Å²) in [6.07, 6.45) is 0.585. The molecule has 1 aromatic carbocycles. The average Bonchev–Trinajstić information content (AvgIpc) is 2.48. The number of hydrogen-bond acceptors (Lipinski definition) is 6. The van der Waals surface area contributed by atoms with E-state index in [-0.39, 0.29) is 11.0 Å². The number of morpholine rings is 1. The number of carbonyl (C=O) groups excluding carboxylic acids is 1. The van der Waals surface area contributed by atoms with Crippen LogP contribution < -0.4 is 10.2 Å². The SMILES string of the molecule is CC1COCCN1CCOc1cccc(B(O)O)c1C=O. The first-order valence-electron chi connectivity index (χ1n) is 7.02. The van der Waals surface area contributed by atoms with Gasteiger partial charge < -0.3 is 19.5 Å². The van der Waals surface area contributed by atoms with Gasteiger partial charge in [-0.25, -0.2) is 0 Å². The Balaban J connectivity index is 1.96. The van der Waals surface area contributed by atoms with E-state index >= 15 is 0 Å². The first kappa shape index (κ1) is 16.0. The highest BCUT2D eigenvalue weighted by Crippen LogP contribution is 2.15. The molecule has 0 aliphatic carbocycles. The zero-order valence-corrected chi connectivity index (χ0v) is 12.1. The monoisotopic (exact) mass is 293 g/mol. The molecule has 0 amide bonds. The fourth-order valence-corrected chi connectivity index (χ4v) is 2.40. The van der Waals surface area contributed by atoms with Crippen LogP contribution in [0.15, 0.2) is 18.2 Å². The summed E-state index contributed by atoms with van der Waals surface area (Å²) in [6, 6.07) is 5.12. The van der Waals surface area contributed by atoms with Crippen LogP contribution in [0.25, 0.3) is 0 Å². The second kappa shape index (κ2) is 7.56. The fourth-order valence-electron chi connectivity index (χ4n) is 2.40. The summed E-state index contributed by atoms with van der Waals surface area (Å²) in [6.45, 7) is 5.55. The normalized spacial score (nSPS) is 19.3. The second-order valence-corrected chi connectivity index (χ2v) is 5.06. The third-order valence-electron chi connectivity index (χ3n) is 3.64. The van der Waals surface area contributed by atoms with Crippen molar-refractivity contribution in [3.8, 4) is 5.75 Å². The highest BCUT2D eigenvalue weighted by atomic mass is 16.5. The van der Waals surface area contributed by atoms with E-state index < -0.39 is 7.12 Å². The van der Waals surface area contributed by atoms with Crippen molar-refractivity contribution in [2.45, 2.75) is 13.0 Å². The van der Waals surface area contributed by atoms with Crippen LogP contribution in [0, 0.1) is 0 Å². The van der Waals surface area contributed by atoms with Crippen LogP contribution in [-0.4, -0.2) is 67.3 Å². The molecule has 7 heteroatoms. The van der Waals surface area contributed by atoms with Crippen molar-refractivity contribution < 1.29 is 24.3 Å². The molecular formula is C14H20BNO5. The lowest BCUT2D eigenvalue weighted by Crippen LogP contribution is -2.45. The van der Waals surface area contributed by atoms with Crippen molar-refractivity contribution in [2.75, 3.05) is 32.9 Å². The molecule has 6 nitrogen and oxygen atoms in total. The van der Waals surface area contributed by atoms with E-state index in [1.807, 2.05) is 0 Å². The second-order valence-electron chi connectivity index (χ2n) is 5.06. The smallest absolute Gasteiger partial charge is 0.489 e. The van der Waals surface area contributed by atoms with Gasteiger partial charge in [0.1, 0.15) is 12.4 Å². The molecule has 1 unspecified atom stereocenters. The predicted molar refractivity (Wildman–Crippen MR) is 79.0 cm³/mol. The van der Waals surface area contributed by atoms with Gasteiger partial charge in [0.2, 0.25) is 0 Å². The van der Waals surface area contributed by atoms with Crippen molar-refractivity contribution in [3.63, 3.8) is 0 Å². The van der Waals surface area contributed by atoms with Gasteiger partial charge in [-0.05, 0) is 18.5 Å². The minimum atomic E-state index is -1.69. The molecule has 0 radical (unpaired) electrons. The van der Waals surface area contributed by atoms with Gasteiger partial charge in [-0.3, -0.25) is 9.69 Å². The van der Waals surface area contributed by atoms with E-state index in [0.717, 1.165) is 19.7 Å². The van der Waals surface area contributed by atoms with Gasteiger partial charge in [0.15, 0.2) is 6.29 Å². The van der Waals surface area contributed by atoms with Gasteiger partial charge >= 0.3 is 7.12 Å². The molecule has 0 saturated carbocycles. The van der Waals surface area contributed by atoms with Crippen LogP contribution in [0.3, 0.4) is 0 Å². The zero-order valence-electron chi connectivity index (χ0n) is 12.1. The lowest BCUT2D eigenvalue weighted by molar-refractivity contribution is -0.00516. The van der Waals surface area contributed by atoms with E-state index in [1.54, 1.807) is 12.1 Å². The largest absolute Gasteiger partial charge is 0.492 e. The highest BCUT2D eigenvalue weighted by molar-refractivity contribution is 6.60. The molecule has 1 atom stereocenters. The number of aldehydes is 1. The lowest BCUT2D eigenvalue weighted by atomic mass is 9.77. The van der Waals surface area contributed by atoms with Crippen LogP contribution in [0.4, 0.5) is 0 Å². The van der Waals surface area contributed by atoms with Crippen molar-refractivity contribution in [3.05, 3.63) is 23.8 Å². The Morgan fingerprint density at radius 3 is 3.00 bits per heavy atom. The van der Waals surface area contributed by atoms with Gasteiger partial charge in [-0.1, -0.05) is 12.1 Å². The minimum Gasteiger partial charge on any atom is -0.492 e. The molecule has 1 heterocycles. The summed E-state index contributed by atoms with van der Waals surface area (Å²) >= 11 is 0. The first-order chi connectivity index (χ1) is 10.1. The highest BCUT2D eigenvalue weighted by Gasteiger charge is 2.20. The van der Waals surface area contributed by atoms with Crippen LogP contribution in [0.2, 0.25) is 0 Å². The van der Waals surface area contributed by atoms with Crippen molar-refractivity contribution >= 4 is 18.9 Å². The summed E-state index contributed by atoms with van der Waals surface area (Å²) < 4.78 is 11.0. The van der Waals surface area contributed by atoms with E-state index in [1.165, 1.54) is 6.07 Å². The third kappa shape index (κ3) is 4.04. The van der Waals surface area contributed by atoms with Crippen molar-refractivity contribution in [1.29, 1.82) is 0 Å². The van der Waals surface area contributed by atoms with Gasteiger partial charge in [-0.2, -0.15) is 0 Å². The molecule has 0 bridgehead atoms. The molecule has 1 fully saturated rings. The number of ether oxygens (including phenoxy) is 2. The molecule has 0 spiro atoms. The molecule has 1 aromatic rings. The molecule has 114 valence electrons. The summed E-state index contributed by atoms with van der Waals surface area (Å²) in [7, 11) is -1.69. The Morgan fingerprint density at radius 1 is 1.52 bits per heavy atom. The number of hydrogen-bond donors (Lipinski definition) is 2. The maximum absolute atomic E-state index is 11.1. The minimum absolute atomic E-state index is 0.155. The Hall–Kier alpha value is -1.41. The number of rotatable bonds is 6. The van der Waals surface area contributed by atoms with Gasteiger partial charge in [0, 0.05) is 19.1 Å². The van der Waals surface area contributed by atoms with E-state index in [2.05, 4.69) is 11.8 Å². The summed E-state index contributed by atoms with van der Waals surface area (Å²) in [5.74, 6) is 0.372. The topological polar surface area (TPSA) is 79.2 Å². The summed E-state index contributed by atoms with van der Waals surface area (Å²) in [5, 5.41) is 18.5. The first-order valence-corrected chi connectivity index (χ1v) is 7.02. The number of nitrogens with zero attached hydrogens (tertiary/aromatic N) is 1. The standard InChI is InChI=1S/C14H20BNO5/c1-11-10-20-7-5-16(11)6-8-21-14-4-2-3-13(15(18)19)12(14)9-17/h2-4,9,11,18-19H,5-8,10H2,1H3. The van der Waals surface area contributed by atoms with E-state index in [0.29, 0.717) is 31.3 Å². The van der Waals surface area contributed by atoms with Gasteiger partial charge in [0.05, 0.1) is 18.8 Å². The molecule has 21 heavy (non-hydrogen) atoms. The Bertz CT molecular complexity index is 482. The van der Waals surface area contributed by atoms with Crippen LogP contribution in [-0.2, 0) is 4.74 Å². The molecule has 1 aliphatic rings. The molecule has 0 aromatic heterocycles.